The minimum Gasteiger partial charge on any atom is -0.457 e. The zero-order valence-corrected chi connectivity index (χ0v) is 16.5. The molecule has 0 spiro atoms. The second-order valence-corrected chi connectivity index (χ2v) is 7.14. The molecule has 144 valence electrons. The Morgan fingerprint density at radius 2 is 1.54 bits per heavy atom. The Morgan fingerprint density at radius 3 is 2.21 bits per heavy atom. The fourth-order valence-electron chi connectivity index (χ4n) is 2.80. The van der Waals surface area contributed by atoms with Crippen LogP contribution in [0.3, 0.4) is 0 Å². The molecule has 3 aromatic rings. The third-order valence-corrected chi connectivity index (χ3v) is 4.65. The minimum atomic E-state index is -4.40. The van der Waals surface area contributed by atoms with Gasteiger partial charge in [-0.05, 0) is 60.4 Å². The number of para-hydroxylation sites is 1. The summed E-state index contributed by atoms with van der Waals surface area (Å²) >= 11 is 3.25. The second-order valence-electron chi connectivity index (χ2n) is 6.22. The fraction of sp³-hybridized carbons (Fsp3) is 0.130. The normalized spacial score (nSPS) is 12.1. The summed E-state index contributed by atoms with van der Waals surface area (Å²) in [4.78, 5) is 0. The molecule has 28 heavy (non-hydrogen) atoms. The van der Waals surface area contributed by atoms with Gasteiger partial charge in [-0.25, -0.2) is 0 Å². The first-order valence-electron chi connectivity index (χ1n) is 8.77. The quantitative estimate of drug-likeness (QED) is 0.374. The van der Waals surface area contributed by atoms with Crippen molar-refractivity contribution in [1.82, 2.24) is 0 Å². The van der Waals surface area contributed by atoms with Crippen molar-refractivity contribution in [2.45, 2.75) is 19.0 Å². The standard InChI is InChI=1S/C23H18BrF3O/c24-19-14-12-18(13-15-19)22(23(25,26)27)11-5-7-17-6-4-10-21(16-17)28-20-8-2-1-3-9-20/h1-4,6,8-16H,5,7H2/b22-11+. The van der Waals surface area contributed by atoms with Crippen molar-refractivity contribution < 1.29 is 17.9 Å². The summed E-state index contributed by atoms with van der Waals surface area (Å²) in [6, 6.07) is 22.9. The van der Waals surface area contributed by atoms with E-state index in [1.54, 1.807) is 12.1 Å². The molecule has 5 heteroatoms. The lowest BCUT2D eigenvalue weighted by Gasteiger charge is -2.12. The molecule has 0 aliphatic rings. The lowest BCUT2D eigenvalue weighted by atomic mass is 10.0. The van der Waals surface area contributed by atoms with E-state index in [2.05, 4.69) is 15.9 Å². The first-order chi connectivity index (χ1) is 13.4. The van der Waals surface area contributed by atoms with Crippen LogP contribution in [-0.4, -0.2) is 6.18 Å². The number of allylic oxidation sites excluding steroid dienone is 2. The van der Waals surface area contributed by atoms with Crippen LogP contribution in [0.4, 0.5) is 13.2 Å². The van der Waals surface area contributed by atoms with Gasteiger partial charge in [0.2, 0.25) is 0 Å². The van der Waals surface area contributed by atoms with E-state index < -0.39 is 11.7 Å². The Kier molecular flexibility index (Phi) is 6.57. The van der Waals surface area contributed by atoms with E-state index in [0.29, 0.717) is 17.9 Å². The van der Waals surface area contributed by atoms with Crippen molar-refractivity contribution in [3.8, 4) is 11.5 Å². The molecule has 0 fully saturated rings. The molecule has 0 bridgehead atoms. The van der Waals surface area contributed by atoms with Gasteiger partial charge in [-0.2, -0.15) is 13.2 Å². The van der Waals surface area contributed by atoms with Crippen LogP contribution in [-0.2, 0) is 6.42 Å². The van der Waals surface area contributed by atoms with Crippen LogP contribution in [0.15, 0.2) is 89.4 Å². The van der Waals surface area contributed by atoms with E-state index in [9.17, 15) is 13.2 Å². The lowest BCUT2D eigenvalue weighted by Crippen LogP contribution is -2.10. The molecule has 0 aromatic heterocycles. The Balaban J connectivity index is 1.71. The zero-order valence-electron chi connectivity index (χ0n) is 14.9. The molecule has 0 saturated carbocycles. The van der Waals surface area contributed by atoms with Gasteiger partial charge >= 0.3 is 6.18 Å². The lowest BCUT2D eigenvalue weighted by molar-refractivity contribution is -0.0690. The van der Waals surface area contributed by atoms with Crippen molar-refractivity contribution in [1.29, 1.82) is 0 Å². The molecule has 0 heterocycles. The van der Waals surface area contributed by atoms with Crippen LogP contribution in [0.5, 0.6) is 11.5 Å². The molecular weight excluding hydrogens is 429 g/mol. The van der Waals surface area contributed by atoms with E-state index in [0.717, 1.165) is 10.0 Å². The molecule has 1 nitrogen and oxygen atoms in total. The number of rotatable bonds is 6. The summed E-state index contributed by atoms with van der Waals surface area (Å²) in [6.45, 7) is 0. The van der Waals surface area contributed by atoms with Gasteiger partial charge in [0.25, 0.3) is 0 Å². The molecule has 0 aliphatic heterocycles. The fourth-order valence-corrected chi connectivity index (χ4v) is 3.06. The smallest absolute Gasteiger partial charge is 0.416 e. The van der Waals surface area contributed by atoms with Crippen molar-refractivity contribution in [2.24, 2.45) is 0 Å². The Hall–Kier alpha value is -2.53. The third kappa shape index (κ3) is 5.73. The van der Waals surface area contributed by atoms with Gasteiger partial charge in [-0.1, -0.05) is 64.5 Å². The Labute approximate surface area is 170 Å². The number of aryl methyl sites for hydroxylation is 1. The summed E-state index contributed by atoms with van der Waals surface area (Å²) in [5, 5.41) is 0. The largest absolute Gasteiger partial charge is 0.457 e. The monoisotopic (exact) mass is 446 g/mol. The third-order valence-electron chi connectivity index (χ3n) is 4.12. The molecule has 0 unspecified atom stereocenters. The number of alkyl halides is 3. The predicted molar refractivity (Wildman–Crippen MR) is 109 cm³/mol. The van der Waals surface area contributed by atoms with Gasteiger partial charge in [0.05, 0.1) is 5.57 Å². The highest BCUT2D eigenvalue weighted by atomic mass is 79.9. The van der Waals surface area contributed by atoms with E-state index in [-0.39, 0.29) is 12.0 Å². The number of benzene rings is 3. The number of hydrogen-bond donors (Lipinski definition) is 0. The maximum atomic E-state index is 13.4. The van der Waals surface area contributed by atoms with E-state index in [1.165, 1.54) is 18.2 Å². The number of ether oxygens (including phenoxy) is 1. The van der Waals surface area contributed by atoms with E-state index in [1.807, 2.05) is 54.6 Å². The molecular formula is C23H18BrF3O. The van der Waals surface area contributed by atoms with Crippen molar-refractivity contribution in [3.63, 3.8) is 0 Å². The van der Waals surface area contributed by atoms with Gasteiger partial charge in [0.15, 0.2) is 0 Å². The summed E-state index contributed by atoms with van der Waals surface area (Å²) in [5.41, 5.74) is 0.468. The zero-order chi connectivity index (χ0) is 20.0. The molecule has 0 saturated heterocycles. The summed E-state index contributed by atoms with van der Waals surface area (Å²) in [6.07, 6.45) is -2.37. The van der Waals surface area contributed by atoms with Crippen LogP contribution in [0, 0.1) is 0 Å². The highest BCUT2D eigenvalue weighted by molar-refractivity contribution is 9.10. The van der Waals surface area contributed by atoms with Crippen molar-refractivity contribution in [3.05, 3.63) is 101 Å². The van der Waals surface area contributed by atoms with Crippen LogP contribution < -0.4 is 4.74 Å². The van der Waals surface area contributed by atoms with Crippen LogP contribution in [0.25, 0.3) is 5.57 Å². The van der Waals surface area contributed by atoms with Crippen molar-refractivity contribution >= 4 is 21.5 Å². The van der Waals surface area contributed by atoms with Crippen LogP contribution >= 0.6 is 15.9 Å². The first kappa shape index (κ1) is 20.2. The van der Waals surface area contributed by atoms with Gasteiger partial charge in [0, 0.05) is 4.47 Å². The molecule has 3 aromatic carbocycles. The maximum absolute atomic E-state index is 13.4. The average Bonchev–Trinajstić information content (AvgIpc) is 2.66. The van der Waals surface area contributed by atoms with Crippen molar-refractivity contribution in [2.75, 3.05) is 0 Å². The summed E-state index contributed by atoms with van der Waals surface area (Å²) < 4.78 is 46.8. The van der Waals surface area contributed by atoms with Crippen LogP contribution in [0.2, 0.25) is 0 Å². The maximum Gasteiger partial charge on any atom is 0.416 e. The van der Waals surface area contributed by atoms with Crippen LogP contribution in [0.1, 0.15) is 17.5 Å². The van der Waals surface area contributed by atoms with Gasteiger partial charge in [0.1, 0.15) is 11.5 Å². The second kappa shape index (κ2) is 9.11. The van der Waals surface area contributed by atoms with Gasteiger partial charge in [-0.15, -0.1) is 0 Å². The molecule has 0 N–H and O–H groups in total. The molecule has 0 amide bonds. The number of halogens is 4. The summed E-state index contributed by atoms with van der Waals surface area (Å²) in [7, 11) is 0. The van der Waals surface area contributed by atoms with Gasteiger partial charge in [-0.3, -0.25) is 0 Å². The Morgan fingerprint density at radius 1 is 0.857 bits per heavy atom. The topological polar surface area (TPSA) is 9.23 Å². The SMILES string of the molecule is FC(F)(F)/C(=C/CCc1cccc(Oc2ccccc2)c1)c1ccc(Br)cc1. The first-order valence-corrected chi connectivity index (χ1v) is 9.56. The van der Waals surface area contributed by atoms with Gasteiger partial charge < -0.3 is 4.74 Å². The highest BCUT2D eigenvalue weighted by Gasteiger charge is 2.34. The average molecular weight is 447 g/mol. The molecule has 3 rings (SSSR count). The highest BCUT2D eigenvalue weighted by Crippen LogP contribution is 2.35. The molecule has 0 radical (unpaired) electrons. The summed E-state index contributed by atoms with van der Waals surface area (Å²) in [5.74, 6) is 1.38. The molecule has 0 aliphatic carbocycles. The van der Waals surface area contributed by atoms with E-state index in [4.69, 9.17) is 4.74 Å². The molecule has 0 atom stereocenters. The predicted octanol–water partition coefficient (Wildman–Crippen LogP) is 7.82. The Bertz CT molecular complexity index is 932. The van der Waals surface area contributed by atoms with E-state index >= 15 is 0 Å². The minimum absolute atomic E-state index is 0.164. The number of hydrogen-bond acceptors (Lipinski definition) is 1.